The van der Waals surface area contributed by atoms with Crippen molar-refractivity contribution < 1.29 is 9.90 Å². The lowest BCUT2D eigenvalue weighted by molar-refractivity contribution is -0.122. The summed E-state index contributed by atoms with van der Waals surface area (Å²) in [6.07, 6.45) is 0.339. The molecule has 100 valence electrons. The summed E-state index contributed by atoms with van der Waals surface area (Å²) in [6.45, 7) is 1.69. The third-order valence-electron chi connectivity index (χ3n) is 3.09. The zero-order valence-electron chi connectivity index (χ0n) is 10.8. The molecular formula is C15H17NO2S. The fourth-order valence-electron chi connectivity index (χ4n) is 1.94. The second-order valence-electron chi connectivity index (χ2n) is 4.71. The van der Waals surface area contributed by atoms with E-state index in [2.05, 4.69) is 5.32 Å². The molecule has 0 aliphatic rings. The first-order valence-electron chi connectivity index (χ1n) is 6.12. The molecule has 1 amide bonds. The summed E-state index contributed by atoms with van der Waals surface area (Å²) >= 11 is 1.57. The Balaban J connectivity index is 2.08. The number of nitrogens with one attached hydrogen (secondary N) is 1. The molecule has 1 aromatic heterocycles. The Labute approximate surface area is 116 Å². The molecule has 0 fully saturated rings. The zero-order valence-corrected chi connectivity index (χ0v) is 11.6. The SMILES string of the molecule is CC(CO)(NC(=O)Cc1ccsc1)c1ccccc1. The van der Waals surface area contributed by atoms with Crippen LogP contribution in [0.25, 0.3) is 0 Å². The van der Waals surface area contributed by atoms with Crippen LogP contribution in [0.4, 0.5) is 0 Å². The molecule has 0 bridgehead atoms. The van der Waals surface area contributed by atoms with Gasteiger partial charge in [0.15, 0.2) is 0 Å². The fourth-order valence-corrected chi connectivity index (χ4v) is 2.61. The van der Waals surface area contributed by atoms with Crippen LogP contribution in [0.15, 0.2) is 47.2 Å². The number of aliphatic hydroxyl groups excluding tert-OH is 1. The minimum Gasteiger partial charge on any atom is -0.394 e. The highest BCUT2D eigenvalue weighted by atomic mass is 32.1. The van der Waals surface area contributed by atoms with Gasteiger partial charge in [-0.05, 0) is 34.9 Å². The summed E-state index contributed by atoms with van der Waals surface area (Å²) in [6, 6.07) is 11.4. The number of amides is 1. The van der Waals surface area contributed by atoms with E-state index >= 15 is 0 Å². The maximum Gasteiger partial charge on any atom is 0.225 e. The van der Waals surface area contributed by atoms with Crippen molar-refractivity contribution in [3.63, 3.8) is 0 Å². The molecule has 2 rings (SSSR count). The minimum absolute atomic E-state index is 0.0844. The molecule has 4 heteroatoms. The molecule has 0 radical (unpaired) electrons. The number of benzene rings is 1. The summed E-state index contributed by atoms with van der Waals surface area (Å²) in [4.78, 5) is 12.0. The van der Waals surface area contributed by atoms with Gasteiger partial charge in [-0.15, -0.1) is 0 Å². The summed E-state index contributed by atoms with van der Waals surface area (Å²) in [5.74, 6) is -0.0844. The molecule has 3 nitrogen and oxygen atoms in total. The van der Waals surface area contributed by atoms with Gasteiger partial charge < -0.3 is 10.4 Å². The minimum atomic E-state index is -0.742. The molecule has 0 saturated heterocycles. The largest absolute Gasteiger partial charge is 0.394 e. The Bertz CT molecular complexity index is 524. The van der Waals surface area contributed by atoms with Crippen LogP contribution in [0, 0.1) is 0 Å². The number of thiophene rings is 1. The third-order valence-corrected chi connectivity index (χ3v) is 3.82. The van der Waals surface area contributed by atoms with Crippen molar-refractivity contribution in [2.24, 2.45) is 0 Å². The molecule has 1 heterocycles. The molecule has 2 aromatic rings. The van der Waals surface area contributed by atoms with Gasteiger partial charge in [-0.25, -0.2) is 0 Å². The van der Waals surface area contributed by atoms with Gasteiger partial charge in [-0.1, -0.05) is 30.3 Å². The molecule has 0 spiro atoms. The molecule has 1 atom stereocenters. The number of hydrogen-bond acceptors (Lipinski definition) is 3. The van der Waals surface area contributed by atoms with Crippen LogP contribution in [-0.4, -0.2) is 17.6 Å². The van der Waals surface area contributed by atoms with Gasteiger partial charge in [0.05, 0.1) is 18.6 Å². The van der Waals surface area contributed by atoms with Crippen molar-refractivity contribution in [2.45, 2.75) is 18.9 Å². The first-order chi connectivity index (χ1) is 9.14. The van der Waals surface area contributed by atoms with E-state index in [9.17, 15) is 9.90 Å². The predicted molar refractivity (Wildman–Crippen MR) is 77.0 cm³/mol. The van der Waals surface area contributed by atoms with Crippen molar-refractivity contribution in [1.82, 2.24) is 5.32 Å². The van der Waals surface area contributed by atoms with Crippen LogP contribution >= 0.6 is 11.3 Å². The van der Waals surface area contributed by atoms with E-state index < -0.39 is 5.54 Å². The Hall–Kier alpha value is -1.65. The lowest BCUT2D eigenvalue weighted by Crippen LogP contribution is -2.46. The molecule has 1 aromatic carbocycles. The number of aliphatic hydroxyl groups is 1. The highest BCUT2D eigenvalue weighted by Crippen LogP contribution is 2.20. The van der Waals surface area contributed by atoms with Crippen LogP contribution in [-0.2, 0) is 16.8 Å². The zero-order chi connectivity index (χ0) is 13.7. The average molecular weight is 275 g/mol. The highest BCUT2D eigenvalue weighted by molar-refractivity contribution is 7.07. The Morgan fingerprint density at radius 1 is 1.32 bits per heavy atom. The van der Waals surface area contributed by atoms with Gasteiger partial charge in [-0.3, -0.25) is 4.79 Å². The fraction of sp³-hybridized carbons (Fsp3) is 0.267. The smallest absolute Gasteiger partial charge is 0.225 e. The quantitative estimate of drug-likeness (QED) is 0.880. The summed E-state index contributed by atoms with van der Waals surface area (Å²) in [7, 11) is 0. The monoisotopic (exact) mass is 275 g/mol. The van der Waals surface area contributed by atoms with E-state index in [1.165, 1.54) is 0 Å². The van der Waals surface area contributed by atoms with Crippen molar-refractivity contribution in [2.75, 3.05) is 6.61 Å². The number of rotatable bonds is 5. The van der Waals surface area contributed by atoms with Gasteiger partial charge in [-0.2, -0.15) is 11.3 Å². The van der Waals surface area contributed by atoms with Crippen LogP contribution in [0.5, 0.6) is 0 Å². The van der Waals surface area contributed by atoms with Crippen molar-refractivity contribution in [1.29, 1.82) is 0 Å². The lowest BCUT2D eigenvalue weighted by Gasteiger charge is -2.29. The first-order valence-corrected chi connectivity index (χ1v) is 7.07. The Morgan fingerprint density at radius 3 is 2.63 bits per heavy atom. The summed E-state index contributed by atoms with van der Waals surface area (Å²) in [5, 5.41) is 16.4. The number of carbonyl (C=O) groups is 1. The van der Waals surface area contributed by atoms with Crippen molar-refractivity contribution >= 4 is 17.2 Å². The predicted octanol–water partition coefficient (Wildman–Crippen LogP) is 2.31. The third kappa shape index (κ3) is 3.43. The van der Waals surface area contributed by atoms with E-state index in [-0.39, 0.29) is 12.5 Å². The van der Waals surface area contributed by atoms with E-state index in [1.807, 2.05) is 54.1 Å². The van der Waals surface area contributed by atoms with E-state index in [4.69, 9.17) is 0 Å². The second-order valence-corrected chi connectivity index (χ2v) is 5.49. The number of hydrogen-bond donors (Lipinski definition) is 2. The Morgan fingerprint density at radius 2 is 2.05 bits per heavy atom. The topological polar surface area (TPSA) is 49.3 Å². The van der Waals surface area contributed by atoms with Crippen LogP contribution in [0.3, 0.4) is 0 Å². The highest BCUT2D eigenvalue weighted by Gasteiger charge is 2.27. The van der Waals surface area contributed by atoms with E-state index in [1.54, 1.807) is 11.3 Å². The lowest BCUT2D eigenvalue weighted by atomic mass is 9.92. The van der Waals surface area contributed by atoms with Gasteiger partial charge in [0.2, 0.25) is 5.91 Å². The van der Waals surface area contributed by atoms with Crippen molar-refractivity contribution in [3.8, 4) is 0 Å². The van der Waals surface area contributed by atoms with Crippen molar-refractivity contribution in [3.05, 3.63) is 58.3 Å². The standard InChI is InChI=1S/C15H17NO2S/c1-15(11-17,13-5-3-2-4-6-13)16-14(18)9-12-7-8-19-10-12/h2-8,10,17H,9,11H2,1H3,(H,16,18). The molecule has 19 heavy (non-hydrogen) atoms. The Kier molecular flexibility index (Phi) is 4.35. The van der Waals surface area contributed by atoms with Crippen LogP contribution in [0.2, 0.25) is 0 Å². The average Bonchev–Trinajstić information content (AvgIpc) is 2.92. The molecule has 0 aliphatic carbocycles. The van der Waals surface area contributed by atoms with Gasteiger partial charge in [0.1, 0.15) is 0 Å². The molecular weight excluding hydrogens is 258 g/mol. The molecule has 0 aliphatic heterocycles. The molecule has 2 N–H and O–H groups in total. The van der Waals surface area contributed by atoms with Gasteiger partial charge >= 0.3 is 0 Å². The molecule has 0 saturated carbocycles. The number of carbonyl (C=O) groups excluding carboxylic acids is 1. The summed E-state index contributed by atoms with van der Waals surface area (Å²) in [5.41, 5.74) is 1.15. The second kappa shape index (κ2) is 5.99. The van der Waals surface area contributed by atoms with Gasteiger partial charge in [0, 0.05) is 0 Å². The summed E-state index contributed by atoms with van der Waals surface area (Å²) < 4.78 is 0. The maximum atomic E-state index is 12.0. The van der Waals surface area contributed by atoms with Gasteiger partial charge in [0.25, 0.3) is 0 Å². The maximum absolute atomic E-state index is 12.0. The van der Waals surface area contributed by atoms with Crippen LogP contribution in [0.1, 0.15) is 18.1 Å². The van der Waals surface area contributed by atoms with E-state index in [0.717, 1.165) is 11.1 Å². The molecule has 1 unspecified atom stereocenters. The van der Waals surface area contributed by atoms with E-state index in [0.29, 0.717) is 6.42 Å². The van der Waals surface area contributed by atoms with Crippen LogP contribution < -0.4 is 5.32 Å². The first kappa shape index (κ1) is 13.8. The normalized spacial score (nSPS) is 13.8.